The van der Waals surface area contributed by atoms with Gasteiger partial charge in [-0.1, -0.05) is 51.8 Å². The van der Waals surface area contributed by atoms with Crippen LogP contribution in [0.3, 0.4) is 0 Å². The van der Waals surface area contributed by atoms with Gasteiger partial charge in [0.05, 0.1) is 5.71 Å². The number of hydrogen-bond donors (Lipinski definition) is 0. The van der Waals surface area contributed by atoms with E-state index >= 15 is 0 Å². The zero-order valence-corrected chi connectivity index (χ0v) is 18.3. The molecule has 148 valence electrons. The molecule has 0 rings (SSSR count). The molecule has 0 aromatic rings. The molecule has 0 bridgehead atoms. The summed E-state index contributed by atoms with van der Waals surface area (Å²) in [5.74, 6) is 0. The number of nitrogens with zero attached hydrogens (tertiary/aromatic N) is 1. The predicted octanol–water partition coefficient (Wildman–Crippen LogP) is 7.93. The van der Waals surface area contributed by atoms with Gasteiger partial charge in [0.15, 0.2) is 0 Å². The minimum Gasteiger partial charge on any atom is -0.399 e. The topological polar surface area (TPSA) is 21.6 Å². The van der Waals surface area contributed by atoms with Gasteiger partial charge in [-0.2, -0.15) is 0 Å². The lowest BCUT2D eigenvalue weighted by molar-refractivity contribution is 0.212. The zero-order chi connectivity index (χ0) is 19.8. The molecule has 0 saturated heterocycles. The van der Waals surface area contributed by atoms with Crippen LogP contribution in [-0.4, -0.2) is 12.8 Å². The summed E-state index contributed by atoms with van der Waals surface area (Å²) in [6.07, 6.45) is 18.5. The highest BCUT2D eigenvalue weighted by molar-refractivity contribution is 5.81. The van der Waals surface area contributed by atoms with Crippen molar-refractivity contribution in [1.82, 2.24) is 0 Å². The van der Waals surface area contributed by atoms with Gasteiger partial charge in [0.1, 0.15) is 7.11 Å². The standard InChI is InChI=1S/C24H41NO/c1-20(2)12-8-13-21(3)14-9-15-22(4)16-10-17-23(5)18-11-19-24(6)25-26-7/h12,14,16,18H,8-11,13,15,17,19H2,1-7H3. The number of rotatable bonds is 13. The Bertz CT molecular complexity index is 528. The maximum Gasteiger partial charge on any atom is 0.106 e. The summed E-state index contributed by atoms with van der Waals surface area (Å²) < 4.78 is 0. The lowest BCUT2D eigenvalue weighted by Gasteiger charge is -2.03. The van der Waals surface area contributed by atoms with Crippen LogP contribution in [0.15, 0.2) is 51.8 Å². The fourth-order valence-corrected chi connectivity index (χ4v) is 2.72. The van der Waals surface area contributed by atoms with Crippen molar-refractivity contribution in [3.63, 3.8) is 0 Å². The second-order valence-corrected chi connectivity index (χ2v) is 7.60. The van der Waals surface area contributed by atoms with Crippen LogP contribution in [0.4, 0.5) is 0 Å². The first-order chi connectivity index (χ1) is 12.3. The first-order valence-corrected chi connectivity index (χ1v) is 10.0. The van der Waals surface area contributed by atoms with Gasteiger partial charge in [-0.15, -0.1) is 0 Å². The van der Waals surface area contributed by atoms with E-state index in [0.717, 1.165) is 37.8 Å². The minimum absolute atomic E-state index is 0.972. The van der Waals surface area contributed by atoms with Gasteiger partial charge in [-0.25, -0.2) is 0 Å². The second kappa shape index (κ2) is 15.7. The van der Waals surface area contributed by atoms with Crippen LogP contribution in [0.5, 0.6) is 0 Å². The quantitative estimate of drug-likeness (QED) is 0.186. The molecule has 0 aliphatic heterocycles. The van der Waals surface area contributed by atoms with Crippen LogP contribution in [0.1, 0.15) is 92.9 Å². The van der Waals surface area contributed by atoms with Gasteiger partial charge in [0.2, 0.25) is 0 Å². The average molecular weight is 360 g/mol. The highest BCUT2D eigenvalue weighted by atomic mass is 16.6. The molecule has 0 amide bonds. The third-order valence-corrected chi connectivity index (χ3v) is 4.40. The van der Waals surface area contributed by atoms with E-state index in [9.17, 15) is 0 Å². The third-order valence-electron chi connectivity index (χ3n) is 4.40. The molecule has 0 heterocycles. The Morgan fingerprint density at radius 3 is 1.38 bits per heavy atom. The van der Waals surface area contributed by atoms with E-state index in [1.54, 1.807) is 7.11 Å². The average Bonchev–Trinajstić information content (AvgIpc) is 2.54. The van der Waals surface area contributed by atoms with Gasteiger partial charge in [0.25, 0.3) is 0 Å². The van der Waals surface area contributed by atoms with Crippen molar-refractivity contribution >= 4 is 5.71 Å². The van der Waals surface area contributed by atoms with Crippen molar-refractivity contribution in [2.24, 2.45) is 5.16 Å². The maximum atomic E-state index is 4.78. The molecule has 0 atom stereocenters. The molecule has 2 nitrogen and oxygen atoms in total. The SMILES string of the molecule is CON=C(C)CCC=C(C)CCC=C(C)CCC=C(C)CCC=C(C)C. The fourth-order valence-electron chi connectivity index (χ4n) is 2.72. The van der Waals surface area contributed by atoms with Gasteiger partial charge in [0, 0.05) is 0 Å². The first kappa shape index (κ1) is 24.4. The molecule has 26 heavy (non-hydrogen) atoms. The second-order valence-electron chi connectivity index (χ2n) is 7.60. The van der Waals surface area contributed by atoms with Crippen molar-refractivity contribution in [3.05, 3.63) is 46.6 Å². The lowest BCUT2D eigenvalue weighted by Crippen LogP contribution is -1.91. The zero-order valence-electron chi connectivity index (χ0n) is 18.3. The van der Waals surface area contributed by atoms with Gasteiger partial charge < -0.3 is 4.84 Å². The smallest absolute Gasteiger partial charge is 0.106 e. The summed E-state index contributed by atoms with van der Waals surface area (Å²) in [6.45, 7) is 13.1. The van der Waals surface area contributed by atoms with E-state index in [4.69, 9.17) is 4.84 Å². The molecule has 0 fully saturated rings. The highest BCUT2D eigenvalue weighted by Crippen LogP contribution is 2.14. The largest absolute Gasteiger partial charge is 0.399 e. The monoisotopic (exact) mass is 359 g/mol. The molecular weight excluding hydrogens is 318 g/mol. The Kier molecular flexibility index (Phi) is 14.7. The normalized spacial score (nSPS) is 13.8. The maximum absolute atomic E-state index is 4.78. The van der Waals surface area contributed by atoms with Crippen molar-refractivity contribution in [1.29, 1.82) is 0 Å². The molecule has 2 heteroatoms. The molecule has 0 saturated carbocycles. The highest BCUT2D eigenvalue weighted by Gasteiger charge is 1.95. The Hall–Kier alpha value is -1.57. The van der Waals surface area contributed by atoms with Crippen molar-refractivity contribution in [2.45, 2.75) is 92.9 Å². The molecule has 0 aliphatic rings. The van der Waals surface area contributed by atoms with Crippen LogP contribution >= 0.6 is 0 Å². The van der Waals surface area contributed by atoms with Gasteiger partial charge in [-0.3, -0.25) is 0 Å². The number of allylic oxidation sites excluding steroid dienone is 8. The summed E-state index contributed by atoms with van der Waals surface area (Å²) in [5.41, 5.74) is 6.96. The van der Waals surface area contributed by atoms with E-state index in [1.807, 2.05) is 6.92 Å². The van der Waals surface area contributed by atoms with Crippen molar-refractivity contribution < 1.29 is 4.84 Å². The Balaban J connectivity index is 4.03. The van der Waals surface area contributed by atoms with Gasteiger partial charge in [-0.05, 0) is 92.9 Å². The fraction of sp³-hybridized carbons (Fsp3) is 0.625. The van der Waals surface area contributed by atoms with E-state index in [-0.39, 0.29) is 0 Å². The predicted molar refractivity (Wildman–Crippen MR) is 118 cm³/mol. The number of oxime groups is 1. The van der Waals surface area contributed by atoms with E-state index < -0.39 is 0 Å². The molecule has 0 radical (unpaired) electrons. The van der Waals surface area contributed by atoms with Crippen LogP contribution in [-0.2, 0) is 4.84 Å². The van der Waals surface area contributed by atoms with E-state index in [0.29, 0.717) is 0 Å². The molecule has 0 unspecified atom stereocenters. The van der Waals surface area contributed by atoms with Crippen LogP contribution in [0.2, 0.25) is 0 Å². The van der Waals surface area contributed by atoms with Gasteiger partial charge >= 0.3 is 0 Å². The first-order valence-electron chi connectivity index (χ1n) is 10.0. The van der Waals surface area contributed by atoms with Crippen LogP contribution < -0.4 is 0 Å². The molecular formula is C24H41NO. The molecule has 0 aromatic heterocycles. The molecule has 0 aromatic carbocycles. The lowest BCUT2D eigenvalue weighted by atomic mass is 10.0. The van der Waals surface area contributed by atoms with E-state index in [1.165, 1.54) is 41.6 Å². The molecule has 0 N–H and O–H groups in total. The van der Waals surface area contributed by atoms with E-state index in [2.05, 4.69) is 64.1 Å². The summed E-state index contributed by atoms with van der Waals surface area (Å²) in [5, 5.41) is 3.94. The van der Waals surface area contributed by atoms with Crippen molar-refractivity contribution in [3.8, 4) is 0 Å². The summed E-state index contributed by atoms with van der Waals surface area (Å²) in [6, 6.07) is 0. The van der Waals surface area contributed by atoms with Crippen LogP contribution in [0.25, 0.3) is 0 Å². The molecule has 0 aliphatic carbocycles. The molecule has 0 spiro atoms. The van der Waals surface area contributed by atoms with Crippen LogP contribution in [0, 0.1) is 0 Å². The Morgan fingerprint density at radius 1 is 0.615 bits per heavy atom. The minimum atomic E-state index is 0.972. The summed E-state index contributed by atoms with van der Waals surface area (Å²) >= 11 is 0. The third kappa shape index (κ3) is 15.9. The summed E-state index contributed by atoms with van der Waals surface area (Å²) in [7, 11) is 1.60. The Labute approximate surface area is 162 Å². The summed E-state index contributed by atoms with van der Waals surface area (Å²) in [4.78, 5) is 4.78. The Morgan fingerprint density at radius 2 is 1.00 bits per heavy atom. The van der Waals surface area contributed by atoms with Crippen molar-refractivity contribution in [2.75, 3.05) is 7.11 Å². The number of hydrogen-bond acceptors (Lipinski definition) is 2.